The number of aliphatic hydroxyl groups is 1. The van der Waals surface area contributed by atoms with Gasteiger partial charge in [-0.05, 0) is 43.5 Å². The molecule has 0 saturated carbocycles. The molecule has 1 amide bonds. The van der Waals surface area contributed by atoms with Crippen LogP contribution in [0, 0.1) is 0 Å². The first-order valence-corrected chi connectivity index (χ1v) is 7.00. The predicted molar refractivity (Wildman–Crippen MR) is 76.3 cm³/mol. The van der Waals surface area contributed by atoms with Crippen LogP contribution in [0.25, 0.3) is 0 Å². The average molecular weight is 262 g/mol. The number of hydrogen-bond acceptors (Lipinski definition) is 3. The summed E-state index contributed by atoms with van der Waals surface area (Å²) in [6.45, 7) is 3.82. The van der Waals surface area contributed by atoms with Crippen molar-refractivity contribution >= 4 is 11.6 Å². The molecule has 0 spiro atoms. The normalized spacial score (nSPS) is 19.2. The van der Waals surface area contributed by atoms with Crippen LogP contribution >= 0.6 is 0 Å². The fourth-order valence-electron chi connectivity index (χ4n) is 2.54. The van der Waals surface area contributed by atoms with Crippen LogP contribution in [0.4, 0.5) is 5.69 Å². The summed E-state index contributed by atoms with van der Waals surface area (Å²) in [5.74, 6) is 0.168. The highest BCUT2D eigenvalue weighted by atomic mass is 16.2. The number of amides is 1. The summed E-state index contributed by atoms with van der Waals surface area (Å²) in [5.41, 5.74) is 2.15. The fourth-order valence-corrected chi connectivity index (χ4v) is 2.54. The number of benzene rings is 1. The highest BCUT2D eigenvalue weighted by Gasteiger charge is 2.31. The van der Waals surface area contributed by atoms with Gasteiger partial charge in [0.1, 0.15) is 0 Å². The fraction of sp³-hybridized carbons (Fsp3) is 0.533. The van der Waals surface area contributed by atoms with Gasteiger partial charge in [-0.15, -0.1) is 0 Å². The number of likely N-dealkylation sites (N-methyl/N-ethyl adjacent to an activating group) is 1. The maximum atomic E-state index is 12.2. The zero-order valence-electron chi connectivity index (χ0n) is 11.4. The van der Waals surface area contributed by atoms with Crippen molar-refractivity contribution < 1.29 is 9.90 Å². The van der Waals surface area contributed by atoms with E-state index in [-0.39, 0.29) is 18.6 Å². The number of carbonyl (C=O) groups excluding carboxylic acids is 1. The molecule has 2 N–H and O–H groups in total. The van der Waals surface area contributed by atoms with Crippen molar-refractivity contribution in [3.63, 3.8) is 0 Å². The number of nitrogens with one attached hydrogen (secondary N) is 1. The molecule has 2 rings (SSSR count). The van der Waals surface area contributed by atoms with Crippen molar-refractivity contribution in [2.24, 2.45) is 0 Å². The number of carbonyl (C=O) groups is 1. The Labute approximate surface area is 114 Å². The molecule has 1 aromatic carbocycles. The van der Waals surface area contributed by atoms with E-state index in [1.165, 1.54) is 5.56 Å². The smallest absolute Gasteiger partial charge is 0.244 e. The summed E-state index contributed by atoms with van der Waals surface area (Å²) < 4.78 is 0. The number of hydrogen-bond donors (Lipinski definition) is 2. The zero-order valence-corrected chi connectivity index (χ0v) is 11.4. The Kier molecular flexibility index (Phi) is 4.93. The Bertz CT molecular complexity index is 434. The molecule has 0 aliphatic carbocycles. The lowest BCUT2D eigenvalue weighted by molar-refractivity contribution is -0.118. The van der Waals surface area contributed by atoms with E-state index < -0.39 is 0 Å². The van der Waals surface area contributed by atoms with E-state index in [0.29, 0.717) is 0 Å². The summed E-state index contributed by atoms with van der Waals surface area (Å²) in [5, 5.41) is 12.1. The first-order chi connectivity index (χ1) is 9.26. The molecule has 4 nitrogen and oxygen atoms in total. The quantitative estimate of drug-likeness (QED) is 0.813. The SMILES string of the molecule is CCNC1CCN(c2cccc(CCCO)c2)C1=O. The van der Waals surface area contributed by atoms with Crippen molar-refractivity contribution in [2.75, 3.05) is 24.6 Å². The van der Waals surface area contributed by atoms with Crippen LogP contribution in [0.1, 0.15) is 25.3 Å². The second-order valence-corrected chi connectivity index (χ2v) is 4.89. The summed E-state index contributed by atoms with van der Waals surface area (Å²) in [6, 6.07) is 8.03. The molecule has 4 heteroatoms. The molecule has 1 heterocycles. The Morgan fingerprint density at radius 1 is 1.47 bits per heavy atom. The number of aryl methyl sites for hydroxylation is 1. The molecule has 1 fully saturated rings. The molecule has 104 valence electrons. The lowest BCUT2D eigenvalue weighted by Crippen LogP contribution is -2.38. The number of aliphatic hydroxyl groups excluding tert-OH is 1. The van der Waals surface area contributed by atoms with E-state index in [1.54, 1.807) is 0 Å². The van der Waals surface area contributed by atoms with Gasteiger partial charge in [-0.2, -0.15) is 0 Å². The minimum Gasteiger partial charge on any atom is -0.396 e. The third-order valence-electron chi connectivity index (χ3n) is 3.50. The predicted octanol–water partition coefficient (Wildman–Crippen LogP) is 1.33. The second-order valence-electron chi connectivity index (χ2n) is 4.89. The van der Waals surface area contributed by atoms with Gasteiger partial charge in [0.2, 0.25) is 5.91 Å². The summed E-state index contributed by atoms with van der Waals surface area (Å²) in [7, 11) is 0. The van der Waals surface area contributed by atoms with Gasteiger partial charge in [0.15, 0.2) is 0 Å². The molecule has 1 aromatic rings. The molecule has 0 bridgehead atoms. The highest BCUT2D eigenvalue weighted by Crippen LogP contribution is 2.23. The Balaban J connectivity index is 2.07. The van der Waals surface area contributed by atoms with Crippen LogP contribution in [0.15, 0.2) is 24.3 Å². The molecule has 1 aliphatic heterocycles. The van der Waals surface area contributed by atoms with Crippen molar-refractivity contribution in [3.8, 4) is 0 Å². The molecule has 0 radical (unpaired) electrons. The van der Waals surface area contributed by atoms with Gasteiger partial charge in [0, 0.05) is 18.8 Å². The molecule has 19 heavy (non-hydrogen) atoms. The average Bonchev–Trinajstić information content (AvgIpc) is 2.79. The molecule has 1 unspecified atom stereocenters. The number of anilines is 1. The van der Waals surface area contributed by atoms with Crippen LogP contribution in [0.5, 0.6) is 0 Å². The van der Waals surface area contributed by atoms with Gasteiger partial charge in [0.25, 0.3) is 0 Å². The molecular formula is C15H22N2O2. The minimum atomic E-state index is -0.0360. The van der Waals surface area contributed by atoms with Crippen LogP contribution in [-0.2, 0) is 11.2 Å². The summed E-state index contributed by atoms with van der Waals surface area (Å²) in [6.07, 6.45) is 2.48. The maximum Gasteiger partial charge on any atom is 0.244 e. The largest absolute Gasteiger partial charge is 0.396 e. The standard InChI is InChI=1S/C15H22N2O2/c1-2-16-14-8-9-17(15(14)19)13-7-3-5-12(11-13)6-4-10-18/h3,5,7,11,14,16,18H,2,4,6,8-10H2,1H3. The van der Waals surface area contributed by atoms with E-state index in [4.69, 9.17) is 5.11 Å². The molecule has 1 aliphatic rings. The second kappa shape index (κ2) is 6.68. The Hall–Kier alpha value is -1.39. The number of rotatable bonds is 6. The minimum absolute atomic E-state index is 0.0360. The molecular weight excluding hydrogens is 240 g/mol. The van der Waals surface area contributed by atoms with Crippen molar-refractivity contribution in [3.05, 3.63) is 29.8 Å². The lowest BCUT2D eigenvalue weighted by atomic mass is 10.1. The first kappa shape index (κ1) is 14.0. The van der Waals surface area contributed by atoms with E-state index in [2.05, 4.69) is 11.4 Å². The van der Waals surface area contributed by atoms with Gasteiger partial charge in [-0.3, -0.25) is 4.79 Å². The van der Waals surface area contributed by atoms with Crippen molar-refractivity contribution in [2.45, 2.75) is 32.2 Å². The van der Waals surface area contributed by atoms with Crippen molar-refractivity contribution in [1.82, 2.24) is 5.32 Å². The highest BCUT2D eigenvalue weighted by molar-refractivity contribution is 5.99. The van der Waals surface area contributed by atoms with Gasteiger partial charge in [0.05, 0.1) is 6.04 Å². The maximum absolute atomic E-state index is 12.2. The van der Waals surface area contributed by atoms with Crippen LogP contribution in [0.2, 0.25) is 0 Å². The van der Waals surface area contributed by atoms with Crippen LogP contribution in [-0.4, -0.2) is 36.8 Å². The van der Waals surface area contributed by atoms with Gasteiger partial charge in [-0.25, -0.2) is 0 Å². The van der Waals surface area contributed by atoms with E-state index in [0.717, 1.165) is 38.0 Å². The molecule has 0 aromatic heterocycles. The molecule has 1 atom stereocenters. The number of nitrogens with zero attached hydrogens (tertiary/aromatic N) is 1. The van der Waals surface area contributed by atoms with Crippen LogP contribution in [0.3, 0.4) is 0 Å². The lowest BCUT2D eigenvalue weighted by Gasteiger charge is -2.18. The monoisotopic (exact) mass is 262 g/mol. The van der Waals surface area contributed by atoms with Gasteiger partial charge in [-0.1, -0.05) is 19.1 Å². The first-order valence-electron chi connectivity index (χ1n) is 7.00. The summed E-state index contributed by atoms with van der Waals surface area (Å²) in [4.78, 5) is 14.1. The van der Waals surface area contributed by atoms with E-state index >= 15 is 0 Å². The van der Waals surface area contributed by atoms with Crippen molar-refractivity contribution in [1.29, 1.82) is 0 Å². The third-order valence-corrected chi connectivity index (χ3v) is 3.50. The third kappa shape index (κ3) is 3.33. The zero-order chi connectivity index (χ0) is 13.7. The molecule has 1 saturated heterocycles. The van der Waals surface area contributed by atoms with Gasteiger partial charge >= 0.3 is 0 Å². The Morgan fingerprint density at radius 2 is 2.32 bits per heavy atom. The Morgan fingerprint density at radius 3 is 3.05 bits per heavy atom. The topological polar surface area (TPSA) is 52.6 Å². The van der Waals surface area contributed by atoms with Crippen LogP contribution < -0.4 is 10.2 Å². The van der Waals surface area contributed by atoms with Gasteiger partial charge < -0.3 is 15.3 Å². The van der Waals surface area contributed by atoms with E-state index in [9.17, 15) is 4.79 Å². The van der Waals surface area contributed by atoms with E-state index in [1.807, 2.05) is 30.0 Å². The summed E-state index contributed by atoms with van der Waals surface area (Å²) >= 11 is 0.